The Kier molecular flexibility index (Phi) is 6.70. The number of halogens is 2. The lowest BCUT2D eigenvalue weighted by Gasteiger charge is -2.13. The maximum Gasteiger partial charge on any atom is 0.148 e. The third-order valence-corrected chi connectivity index (χ3v) is 4.08. The van der Waals surface area contributed by atoms with E-state index >= 15 is 0 Å². The van der Waals surface area contributed by atoms with Crippen molar-refractivity contribution in [3.05, 3.63) is 62.5 Å². The summed E-state index contributed by atoms with van der Waals surface area (Å²) in [6.07, 6.45) is 0. The summed E-state index contributed by atoms with van der Waals surface area (Å²) in [5, 5.41) is 11.9. The molecule has 0 bridgehead atoms. The number of ether oxygens (including phenoxy) is 1. The van der Waals surface area contributed by atoms with Gasteiger partial charge in [0.15, 0.2) is 0 Å². The van der Waals surface area contributed by atoms with Crippen LogP contribution in [0.25, 0.3) is 0 Å². The molecule has 0 atom stereocenters. The second-order valence-electron chi connectivity index (χ2n) is 4.56. The average molecular weight is 415 g/mol. The largest absolute Gasteiger partial charge is 0.487 e. The highest BCUT2D eigenvalue weighted by Gasteiger charge is 2.09. The Labute approximate surface area is 141 Å². The van der Waals surface area contributed by atoms with Gasteiger partial charge in [0.05, 0.1) is 15.6 Å². The Morgan fingerprint density at radius 3 is 2.29 bits per heavy atom. The van der Waals surface area contributed by atoms with Gasteiger partial charge in [-0.05, 0) is 55.1 Å². The van der Waals surface area contributed by atoms with Crippen LogP contribution in [-0.2, 0) is 13.2 Å². The molecule has 0 amide bonds. The summed E-state index contributed by atoms with van der Waals surface area (Å²) >= 11 is 7.10. The molecule has 0 aliphatic heterocycles. The van der Waals surface area contributed by atoms with Gasteiger partial charge in [0.25, 0.3) is 0 Å². The highest BCUT2D eigenvalue weighted by molar-refractivity contribution is 9.11. The van der Waals surface area contributed by atoms with Crippen LogP contribution in [0.1, 0.15) is 11.1 Å². The van der Waals surface area contributed by atoms with Crippen LogP contribution in [0.4, 0.5) is 0 Å². The minimum Gasteiger partial charge on any atom is -0.487 e. The molecule has 2 aromatic rings. The molecule has 2 rings (SSSR count). The first-order valence-electron chi connectivity index (χ1n) is 6.67. The van der Waals surface area contributed by atoms with Crippen LogP contribution in [-0.4, -0.2) is 18.3 Å². The Morgan fingerprint density at radius 1 is 1.00 bits per heavy atom. The van der Waals surface area contributed by atoms with Crippen molar-refractivity contribution >= 4 is 31.9 Å². The minimum absolute atomic E-state index is 0.139. The highest BCUT2D eigenvalue weighted by atomic mass is 79.9. The molecule has 0 saturated carbocycles. The van der Waals surface area contributed by atoms with E-state index < -0.39 is 0 Å². The van der Waals surface area contributed by atoms with Gasteiger partial charge < -0.3 is 15.2 Å². The van der Waals surface area contributed by atoms with Gasteiger partial charge in [0.1, 0.15) is 12.4 Å². The van der Waals surface area contributed by atoms with Crippen molar-refractivity contribution < 1.29 is 9.84 Å². The zero-order valence-corrected chi connectivity index (χ0v) is 14.7. The molecular formula is C16H17Br2NO2. The molecular weight excluding hydrogens is 398 g/mol. The van der Waals surface area contributed by atoms with E-state index in [2.05, 4.69) is 37.2 Å². The second kappa shape index (κ2) is 8.54. The van der Waals surface area contributed by atoms with Crippen LogP contribution in [0.5, 0.6) is 5.75 Å². The molecule has 21 heavy (non-hydrogen) atoms. The normalized spacial score (nSPS) is 10.6. The molecule has 0 heterocycles. The molecule has 0 fully saturated rings. The molecule has 2 N–H and O–H groups in total. The van der Waals surface area contributed by atoms with E-state index in [0.29, 0.717) is 19.7 Å². The maximum absolute atomic E-state index is 8.77. The summed E-state index contributed by atoms with van der Waals surface area (Å²) in [6.45, 7) is 1.96. The lowest BCUT2D eigenvalue weighted by atomic mass is 10.2. The number of aliphatic hydroxyl groups excluding tert-OH is 1. The first-order chi connectivity index (χ1) is 10.2. The molecule has 0 saturated heterocycles. The lowest BCUT2D eigenvalue weighted by molar-refractivity contribution is 0.291. The van der Waals surface area contributed by atoms with Crippen molar-refractivity contribution in [1.29, 1.82) is 0 Å². The molecule has 0 aromatic heterocycles. The lowest BCUT2D eigenvalue weighted by Crippen LogP contribution is -2.17. The number of rotatable bonds is 7. The highest BCUT2D eigenvalue weighted by Crippen LogP contribution is 2.35. The Morgan fingerprint density at radius 2 is 1.67 bits per heavy atom. The Bertz CT molecular complexity index is 553. The summed E-state index contributed by atoms with van der Waals surface area (Å²) in [5.41, 5.74) is 2.25. The van der Waals surface area contributed by atoms with E-state index in [1.165, 1.54) is 0 Å². The minimum atomic E-state index is 0.139. The smallest absolute Gasteiger partial charge is 0.148 e. The van der Waals surface area contributed by atoms with Crippen molar-refractivity contribution in [2.24, 2.45) is 0 Å². The summed E-state index contributed by atoms with van der Waals surface area (Å²) < 4.78 is 7.70. The zero-order chi connectivity index (χ0) is 15.1. The Hall–Kier alpha value is -0.880. The van der Waals surface area contributed by atoms with E-state index in [4.69, 9.17) is 9.84 Å². The van der Waals surface area contributed by atoms with Gasteiger partial charge in [-0.25, -0.2) is 0 Å². The molecule has 0 spiro atoms. The Balaban J connectivity index is 2.03. The summed E-state index contributed by atoms with van der Waals surface area (Å²) in [6, 6.07) is 14.1. The van der Waals surface area contributed by atoms with E-state index in [-0.39, 0.29) is 6.61 Å². The molecule has 0 radical (unpaired) electrons. The molecule has 5 heteroatoms. The quantitative estimate of drug-likeness (QED) is 0.675. The van der Waals surface area contributed by atoms with E-state index in [0.717, 1.165) is 25.8 Å². The third kappa shape index (κ3) is 5.11. The van der Waals surface area contributed by atoms with E-state index in [1.807, 2.05) is 42.5 Å². The van der Waals surface area contributed by atoms with Crippen molar-refractivity contribution in [3.8, 4) is 5.75 Å². The van der Waals surface area contributed by atoms with Gasteiger partial charge in [-0.3, -0.25) is 0 Å². The molecule has 3 nitrogen and oxygen atoms in total. The maximum atomic E-state index is 8.77. The van der Waals surface area contributed by atoms with Crippen LogP contribution in [0.15, 0.2) is 51.4 Å². The van der Waals surface area contributed by atoms with Crippen LogP contribution in [0.2, 0.25) is 0 Å². The summed E-state index contributed by atoms with van der Waals surface area (Å²) in [7, 11) is 0. The van der Waals surface area contributed by atoms with Crippen molar-refractivity contribution in [2.75, 3.05) is 13.2 Å². The monoisotopic (exact) mass is 413 g/mol. The van der Waals surface area contributed by atoms with Gasteiger partial charge in [0.2, 0.25) is 0 Å². The van der Waals surface area contributed by atoms with Gasteiger partial charge in [-0.1, -0.05) is 30.3 Å². The fraction of sp³-hybridized carbons (Fsp3) is 0.250. The predicted octanol–water partition coefficient (Wildman–Crippen LogP) is 3.87. The van der Waals surface area contributed by atoms with E-state index in [9.17, 15) is 0 Å². The standard InChI is InChI=1S/C16H17Br2NO2/c17-14-8-13(10-19-6-7-20)9-15(18)16(14)21-11-12-4-2-1-3-5-12/h1-5,8-9,19-20H,6-7,10-11H2. The van der Waals surface area contributed by atoms with Crippen LogP contribution in [0.3, 0.4) is 0 Å². The number of benzene rings is 2. The predicted molar refractivity (Wildman–Crippen MR) is 91.4 cm³/mol. The van der Waals surface area contributed by atoms with Gasteiger partial charge in [-0.15, -0.1) is 0 Å². The number of nitrogens with one attached hydrogen (secondary N) is 1. The van der Waals surface area contributed by atoms with Crippen molar-refractivity contribution in [3.63, 3.8) is 0 Å². The summed E-state index contributed by atoms with van der Waals surface area (Å²) in [5.74, 6) is 0.796. The van der Waals surface area contributed by atoms with Crippen molar-refractivity contribution in [1.82, 2.24) is 5.32 Å². The average Bonchev–Trinajstić information content (AvgIpc) is 2.48. The van der Waals surface area contributed by atoms with Crippen LogP contribution >= 0.6 is 31.9 Å². The first kappa shape index (κ1) is 16.5. The van der Waals surface area contributed by atoms with Crippen molar-refractivity contribution in [2.45, 2.75) is 13.2 Å². The molecule has 0 aliphatic rings. The van der Waals surface area contributed by atoms with Crippen LogP contribution in [0, 0.1) is 0 Å². The second-order valence-corrected chi connectivity index (χ2v) is 6.27. The molecule has 112 valence electrons. The van der Waals surface area contributed by atoms with Gasteiger partial charge >= 0.3 is 0 Å². The molecule has 2 aromatic carbocycles. The molecule has 0 unspecified atom stereocenters. The number of hydrogen-bond acceptors (Lipinski definition) is 3. The fourth-order valence-electron chi connectivity index (χ4n) is 1.89. The topological polar surface area (TPSA) is 41.5 Å². The number of hydrogen-bond donors (Lipinski definition) is 2. The first-order valence-corrected chi connectivity index (χ1v) is 8.25. The SMILES string of the molecule is OCCNCc1cc(Br)c(OCc2ccccc2)c(Br)c1. The van der Waals surface area contributed by atoms with Crippen LogP contribution < -0.4 is 10.1 Å². The number of aliphatic hydroxyl groups is 1. The zero-order valence-electron chi connectivity index (χ0n) is 11.5. The summed E-state index contributed by atoms with van der Waals surface area (Å²) in [4.78, 5) is 0. The third-order valence-electron chi connectivity index (χ3n) is 2.90. The fourth-order valence-corrected chi connectivity index (χ4v) is 3.40. The molecule has 0 aliphatic carbocycles. The van der Waals surface area contributed by atoms with Gasteiger partial charge in [-0.2, -0.15) is 0 Å². The van der Waals surface area contributed by atoms with Gasteiger partial charge in [0, 0.05) is 13.1 Å². The van der Waals surface area contributed by atoms with E-state index in [1.54, 1.807) is 0 Å².